The molecule has 1 aliphatic carbocycles. The van der Waals surface area contributed by atoms with Gasteiger partial charge in [0.1, 0.15) is 0 Å². The van der Waals surface area contributed by atoms with E-state index < -0.39 is 9.84 Å². The van der Waals surface area contributed by atoms with Crippen molar-refractivity contribution in [3.63, 3.8) is 0 Å². The lowest BCUT2D eigenvalue weighted by atomic mass is 9.70. The zero-order chi connectivity index (χ0) is 15.7. The van der Waals surface area contributed by atoms with Gasteiger partial charge in [0.25, 0.3) is 0 Å². The number of hydrogen-bond acceptors (Lipinski definition) is 2. The SMILES string of the molecule is CCC1CC(c2ccc(S(C)(=O)=O)cc2)=C1c1ccccc1. The van der Waals surface area contributed by atoms with E-state index in [-0.39, 0.29) is 0 Å². The van der Waals surface area contributed by atoms with E-state index in [0.717, 1.165) is 18.4 Å². The zero-order valence-corrected chi connectivity index (χ0v) is 13.7. The molecule has 0 aliphatic heterocycles. The van der Waals surface area contributed by atoms with Crippen LogP contribution in [-0.2, 0) is 9.84 Å². The molecule has 0 bridgehead atoms. The lowest BCUT2D eigenvalue weighted by Crippen LogP contribution is -2.16. The van der Waals surface area contributed by atoms with Crippen molar-refractivity contribution in [2.75, 3.05) is 6.26 Å². The molecular weight excluding hydrogens is 292 g/mol. The molecule has 1 unspecified atom stereocenters. The van der Waals surface area contributed by atoms with Gasteiger partial charge in [0.2, 0.25) is 0 Å². The molecule has 1 atom stereocenters. The van der Waals surface area contributed by atoms with Gasteiger partial charge < -0.3 is 0 Å². The molecule has 1 aliphatic rings. The maximum Gasteiger partial charge on any atom is 0.175 e. The van der Waals surface area contributed by atoms with Crippen LogP contribution >= 0.6 is 0 Å². The minimum Gasteiger partial charge on any atom is -0.224 e. The summed E-state index contributed by atoms with van der Waals surface area (Å²) in [5.74, 6) is 0.604. The summed E-state index contributed by atoms with van der Waals surface area (Å²) in [6, 6.07) is 17.8. The Morgan fingerprint density at radius 1 is 0.955 bits per heavy atom. The first-order valence-electron chi connectivity index (χ1n) is 7.59. The van der Waals surface area contributed by atoms with E-state index in [2.05, 4.69) is 31.2 Å². The summed E-state index contributed by atoms with van der Waals surface area (Å²) in [6.07, 6.45) is 3.45. The van der Waals surface area contributed by atoms with Crippen molar-refractivity contribution in [2.45, 2.75) is 24.7 Å². The second kappa shape index (κ2) is 5.73. The molecule has 3 rings (SSSR count). The summed E-state index contributed by atoms with van der Waals surface area (Å²) in [6.45, 7) is 2.22. The van der Waals surface area contributed by atoms with Gasteiger partial charge in [-0.3, -0.25) is 0 Å². The number of benzene rings is 2. The molecule has 0 saturated heterocycles. The minimum atomic E-state index is -3.13. The smallest absolute Gasteiger partial charge is 0.175 e. The van der Waals surface area contributed by atoms with Crippen LogP contribution in [0.4, 0.5) is 0 Å². The van der Waals surface area contributed by atoms with Crippen LogP contribution in [0.15, 0.2) is 59.5 Å². The monoisotopic (exact) mass is 312 g/mol. The standard InChI is InChI=1S/C19H20O2S/c1-3-14-13-18(19(14)16-7-5-4-6-8-16)15-9-11-17(12-10-15)22(2,20)21/h4-12,14H,3,13H2,1-2H3. The van der Waals surface area contributed by atoms with E-state index in [4.69, 9.17) is 0 Å². The number of rotatable bonds is 4. The second-order valence-corrected chi connectivity index (χ2v) is 7.88. The summed E-state index contributed by atoms with van der Waals surface area (Å²) in [5.41, 5.74) is 5.17. The van der Waals surface area contributed by atoms with Crippen LogP contribution in [0.5, 0.6) is 0 Å². The van der Waals surface area contributed by atoms with Gasteiger partial charge in [0, 0.05) is 6.26 Å². The third kappa shape index (κ3) is 2.73. The highest BCUT2D eigenvalue weighted by atomic mass is 32.2. The zero-order valence-electron chi connectivity index (χ0n) is 12.9. The Hall–Kier alpha value is -1.87. The highest BCUT2D eigenvalue weighted by Crippen LogP contribution is 2.48. The molecule has 0 radical (unpaired) electrons. The van der Waals surface area contributed by atoms with Crippen molar-refractivity contribution in [1.82, 2.24) is 0 Å². The number of allylic oxidation sites excluding steroid dienone is 2. The fourth-order valence-electron chi connectivity index (χ4n) is 3.13. The molecule has 22 heavy (non-hydrogen) atoms. The molecule has 3 heteroatoms. The summed E-state index contributed by atoms with van der Waals surface area (Å²) in [4.78, 5) is 0.379. The van der Waals surface area contributed by atoms with Crippen LogP contribution in [0, 0.1) is 5.92 Å². The molecule has 0 fully saturated rings. The Balaban J connectivity index is 2.03. The maximum atomic E-state index is 11.6. The molecule has 0 aromatic heterocycles. The molecule has 2 aromatic rings. The van der Waals surface area contributed by atoms with Crippen molar-refractivity contribution >= 4 is 21.0 Å². The maximum absolute atomic E-state index is 11.6. The Morgan fingerprint density at radius 3 is 2.14 bits per heavy atom. The normalized spacial score (nSPS) is 18.2. The Morgan fingerprint density at radius 2 is 1.59 bits per heavy atom. The predicted octanol–water partition coefficient (Wildman–Crippen LogP) is 4.43. The van der Waals surface area contributed by atoms with Crippen LogP contribution in [0.2, 0.25) is 0 Å². The fourth-order valence-corrected chi connectivity index (χ4v) is 3.76. The van der Waals surface area contributed by atoms with E-state index in [1.54, 1.807) is 12.1 Å². The van der Waals surface area contributed by atoms with Gasteiger partial charge >= 0.3 is 0 Å². The van der Waals surface area contributed by atoms with Crippen molar-refractivity contribution < 1.29 is 8.42 Å². The van der Waals surface area contributed by atoms with Crippen molar-refractivity contribution in [3.8, 4) is 0 Å². The van der Waals surface area contributed by atoms with Gasteiger partial charge in [-0.1, -0.05) is 49.4 Å². The molecule has 114 valence electrons. The average molecular weight is 312 g/mol. The first-order valence-corrected chi connectivity index (χ1v) is 9.49. The lowest BCUT2D eigenvalue weighted by Gasteiger charge is -2.34. The van der Waals surface area contributed by atoms with Gasteiger partial charge in [-0.15, -0.1) is 0 Å². The first-order chi connectivity index (χ1) is 10.5. The predicted molar refractivity (Wildman–Crippen MR) is 91.2 cm³/mol. The Kier molecular flexibility index (Phi) is 3.92. The molecule has 0 N–H and O–H groups in total. The van der Waals surface area contributed by atoms with Gasteiger partial charge in [-0.2, -0.15) is 0 Å². The summed E-state index contributed by atoms with van der Waals surface area (Å²) < 4.78 is 23.1. The van der Waals surface area contributed by atoms with Crippen LogP contribution in [0.1, 0.15) is 30.9 Å². The van der Waals surface area contributed by atoms with E-state index in [9.17, 15) is 8.42 Å². The van der Waals surface area contributed by atoms with Crippen LogP contribution in [-0.4, -0.2) is 14.7 Å². The average Bonchev–Trinajstić information content (AvgIpc) is 2.47. The molecule has 0 saturated carbocycles. The molecule has 2 aromatic carbocycles. The lowest BCUT2D eigenvalue weighted by molar-refractivity contribution is 0.602. The fraction of sp³-hybridized carbons (Fsp3) is 0.263. The van der Waals surface area contributed by atoms with Crippen LogP contribution in [0.3, 0.4) is 0 Å². The molecule has 0 spiro atoms. The largest absolute Gasteiger partial charge is 0.224 e. The first kappa shape index (κ1) is 15.0. The van der Waals surface area contributed by atoms with Crippen molar-refractivity contribution in [2.24, 2.45) is 5.92 Å². The topological polar surface area (TPSA) is 34.1 Å². The highest BCUT2D eigenvalue weighted by molar-refractivity contribution is 7.90. The van der Waals surface area contributed by atoms with Crippen LogP contribution < -0.4 is 0 Å². The summed E-state index contributed by atoms with van der Waals surface area (Å²) >= 11 is 0. The van der Waals surface area contributed by atoms with E-state index in [1.165, 1.54) is 23.0 Å². The summed E-state index contributed by atoms with van der Waals surface area (Å²) in [5, 5.41) is 0. The Labute approximate surface area is 132 Å². The molecule has 0 amide bonds. The molecule has 2 nitrogen and oxygen atoms in total. The number of sulfone groups is 1. The van der Waals surface area contributed by atoms with Crippen LogP contribution in [0.25, 0.3) is 11.1 Å². The summed E-state index contributed by atoms with van der Waals surface area (Å²) in [7, 11) is -3.13. The van der Waals surface area contributed by atoms with E-state index in [0.29, 0.717) is 10.8 Å². The van der Waals surface area contributed by atoms with Gasteiger partial charge in [-0.25, -0.2) is 8.42 Å². The second-order valence-electron chi connectivity index (χ2n) is 5.86. The van der Waals surface area contributed by atoms with E-state index >= 15 is 0 Å². The van der Waals surface area contributed by atoms with Crippen molar-refractivity contribution in [3.05, 3.63) is 65.7 Å². The van der Waals surface area contributed by atoms with E-state index in [1.807, 2.05) is 18.2 Å². The minimum absolute atomic E-state index is 0.379. The Bertz CT molecular complexity index is 800. The molecule has 0 heterocycles. The highest BCUT2D eigenvalue weighted by Gasteiger charge is 2.29. The third-order valence-corrected chi connectivity index (χ3v) is 5.52. The van der Waals surface area contributed by atoms with Gasteiger partial charge in [0.15, 0.2) is 9.84 Å². The number of hydrogen-bond donors (Lipinski definition) is 0. The molecular formula is C19H20O2S. The third-order valence-electron chi connectivity index (χ3n) is 4.39. The van der Waals surface area contributed by atoms with Crippen molar-refractivity contribution in [1.29, 1.82) is 0 Å². The van der Waals surface area contributed by atoms with Gasteiger partial charge in [0.05, 0.1) is 4.90 Å². The van der Waals surface area contributed by atoms with Gasteiger partial charge in [-0.05, 0) is 53.2 Å². The quantitative estimate of drug-likeness (QED) is 0.837.